The van der Waals surface area contributed by atoms with E-state index < -0.39 is 5.24 Å². The van der Waals surface area contributed by atoms with Gasteiger partial charge in [-0.15, -0.1) is 0 Å². The fourth-order valence-electron chi connectivity index (χ4n) is 2.43. The van der Waals surface area contributed by atoms with Gasteiger partial charge in [-0.25, -0.2) is 0 Å². The average molecular weight is 303 g/mol. The summed E-state index contributed by atoms with van der Waals surface area (Å²) in [6.07, 6.45) is 0.837. The summed E-state index contributed by atoms with van der Waals surface area (Å²) in [5, 5.41) is -0.440. The van der Waals surface area contributed by atoms with Crippen molar-refractivity contribution in [2.45, 2.75) is 33.8 Å². The minimum atomic E-state index is -0.440. The Morgan fingerprint density at radius 1 is 1.19 bits per heavy atom. The summed E-state index contributed by atoms with van der Waals surface area (Å²) in [5.41, 5.74) is 4.78. The molecule has 0 heterocycles. The molecule has 0 unspecified atom stereocenters. The molecule has 0 saturated carbocycles. The predicted octanol–water partition coefficient (Wildman–Crippen LogP) is 4.82. The van der Waals surface area contributed by atoms with E-state index in [1.165, 1.54) is 5.56 Å². The van der Waals surface area contributed by atoms with Crippen molar-refractivity contribution in [1.82, 2.24) is 0 Å². The fourth-order valence-corrected chi connectivity index (χ4v) is 2.61. The van der Waals surface area contributed by atoms with Gasteiger partial charge in [0.15, 0.2) is 0 Å². The largest absolute Gasteiger partial charge is 0.489 e. The third-order valence-corrected chi connectivity index (χ3v) is 3.77. The first-order chi connectivity index (χ1) is 10.0. The van der Waals surface area contributed by atoms with Gasteiger partial charge in [0.25, 0.3) is 5.24 Å². The maximum Gasteiger partial charge on any atom is 0.252 e. The van der Waals surface area contributed by atoms with Crippen LogP contribution in [0.3, 0.4) is 0 Å². The van der Waals surface area contributed by atoms with Gasteiger partial charge in [0, 0.05) is 11.1 Å². The third kappa shape index (κ3) is 3.64. The number of halogens is 1. The van der Waals surface area contributed by atoms with Crippen molar-refractivity contribution in [3.8, 4) is 5.75 Å². The van der Waals surface area contributed by atoms with E-state index in [9.17, 15) is 4.79 Å². The normalized spacial score (nSPS) is 10.5. The standard InChI is InChI=1S/C18H19ClO2/c1-4-14-6-5-7-15(18(19)20)16(14)11-21-17-9-8-12(2)10-13(17)3/h5-10H,4,11H2,1-3H3. The summed E-state index contributed by atoms with van der Waals surface area (Å²) in [7, 11) is 0. The first-order valence-electron chi connectivity index (χ1n) is 7.03. The van der Waals surface area contributed by atoms with Crippen LogP contribution in [0.15, 0.2) is 36.4 Å². The molecule has 0 atom stereocenters. The van der Waals surface area contributed by atoms with Crippen molar-refractivity contribution in [2.24, 2.45) is 0 Å². The zero-order valence-corrected chi connectivity index (χ0v) is 13.3. The zero-order chi connectivity index (χ0) is 15.4. The molecule has 21 heavy (non-hydrogen) atoms. The molecule has 0 amide bonds. The molecule has 2 rings (SSSR count). The summed E-state index contributed by atoms with van der Waals surface area (Å²) >= 11 is 5.68. The summed E-state index contributed by atoms with van der Waals surface area (Å²) in [5.74, 6) is 0.833. The molecule has 0 fully saturated rings. The lowest BCUT2D eigenvalue weighted by Crippen LogP contribution is -2.07. The van der Waals surface area contributed by atoms with Gasteiger partial charge in [-0.05, 0) is 55.1 Å². The SMILES string of the molecule is CCc1cccc(C(=O)Cl)c1COc1ccc(C)cc1C. The molecule has 0 aliphatic carbocycles. The molecular formula is C18H19ClO2. The second kappa shape index (κ2) is 6.77. The summed E-state index contributed by atoms with van der Waals surface area (Å²) in [4.78, 5) is 11.6. The van der Waals surface area contributed by atoms with E-state index in [0.717, 1.165) is 28.9 Å². The maximum atomic E-state index is 11.6. The fraction of sp³-hybridized carbons (Fsp3) is 0.278. The number of carbonyl (C=O) groups is 1. The van der Waals surface area contributed by atoms with E-state index in [4.69, 9.17) is 16.3 Å². The van der Waals surface area contributed by atoms with Gasteiger partial charge in [0.1, 0.15) is 12.4 Å². The Kier molecular flexibility index (Phi) is 5.03. The molecule has 0 N–H and O–H groups in total. The first kappa shape index (κ1) is 15.6. The van der Waals surface area contributed by atoms with Crippen LogP contribution in [0.2, 0.25) is 0 Å². The van der Waals surface area contributed by atoms with Crippen molar-refractivity contribution in [3.63, 3.8) is 0 Å². The van der Waals surface area contributed by atoms with Gasteiger partial charge in [-0.1, -0.05) is 36.8 Å². The van der Waals surface area contributed by atoms with E-state index in [1.54, 1.807) is 6.07 Å². The number of hydrogen-bond acceptors (Lipinski definition) is 2. The van der Waals surface area contributed by atoms with Gasteiger partial charge in [-0.3, -0.25) is 4.79 Å². The Labute approximate surface area is 130 Å². The number of rotatable bonds is 5. The lowest BCUT2D eigenvalue weighted by molar-refractivity contribution is 0.107. The van der Waals surface area contributed by atoms with Crippen LogP contribution >= 0.6 is 11.6 Å². The lowest BCUT2D eigenvalue weighted by atomic mass is 10.0. The summed E-state index contributed by atoms with van der Waals surface area (Å²) < 4.78 is 5.90. The molecule has 2 aromatic carbocycles. The second-order valence-corrected chi connectivity index (χ2v) is 5.47. The molecule has 0 radical (unpaired) electrons. The van der Waals surface area contributed by atoms with Crippen LogP contribution in [0.5, 0.6) is 5.75 Å². The Morgan fingerprint density at radius 3 is 2.57 bits per heavy atom. The summed E-state index contributed by atoms with van der Waals surface area (Å²) in [6, 6.07) is 11.7. The van der Waals surface area contributed by atoms with Crippen LogP contribution < -0.4 is 4.74 Å². The number of benzene rings is 2. The Hall–Kier alpha value is -1.80. The van der Waals surface area contributed by atoms with Crippen LogP contribution in [0.1, 0.15) is 39.5 Å². The highest BCUT2D eigenvalue weighted by Gasteiger charge is 2.13. The van der Waals surface area contributed by atoms with Crippen molar-refractivity contribution < 1.29 is 9.53 Å². The second-order valence-electron chi connectivity index (χ2n) is 5.13. The molecule has 2 aromatic rings. The molecule has 3 heteroatoms. The van der Waals surface area contributed by atoms with E-state index >= 15 is 0 Å². The summed E-state index contributed by atoms with van der Waals surface area (Å²) in [6.45, 7) is 6.47. The van der Waals surface area contributed by atoms with E-state index in [1.807, 2.05) is 38.1 Å². The topological polar surface area (TPSA) is 26.3 Å². The Morgan fingerprint density at radius 2 is 1.95 bits per heavy atom. The molecule has 0 saturated heterocycles. The smallest absolute Gasteiger partial charge is 0.252 e. The molecule has 0 spiro atoms. The first-order valence-corrected chi connectivity index (χ1v) is 7.41. The quantitative estimate of drug-likeness (QED) is 0.740. The van der Waals surface area contributed by atoms with Crippen LogP contribution in [-0.2, 0) is 13.0 Å². The molecular weight excluding hydrogens is 284 g/mol. The van der Waals surface area contributed by atoms with Crippen LogP contribution in [0.4, 0.5) is 0 Å². The Balaban J connectivity index is 2.28. The number of hydrogen-bond donors (Lipinski definition) is 0. The van der Waals surface area contributed by atoms with E-state index in [2.05, 4.69) is 13.0 Å². The predicted molar refractivity (Wildman–Crippen MR) is 86.3 cm³/mol. The number of carbonyl (C=O) groups excluding carboxylic acids is 1. The zero-order valence-electron chi connectivity index (χ0n) is 12.6. The minimum absolute atomic E-state index is 0.349. The number of ether oxygens (including phenoxy) is 1. The van der Waals surface area contributed by atoms with Crippen LogP contribution in [-0.4, -0.2) is 5.24 Å². The molecule has 0 aromatic heterocycles. The highest BCUT2D eigenvalue weighted by atomic mass is 35.5. The molecule has 0 aliphatic rings. The highest BCUT2D eigenvalue weighted by Crippen LogP contribution is 2.23. The number of aryl methyl sites for hydroxylation is 3. The van der Waals surface area contributed by atoms with Crippen molar-refractivity contribution in [2.75, 3.05) is 0 Å². The monoisotopic (exact) mass is 302 g/mol. The van der Waals surface area contributed by atoms with E-state index in [-0.39, 0.29) is 0 Å². The van der Waals surface area contributed by atoms with Gasteiger partial charge >= 0.3 is 0 Å². The van der Waals surface area contributed by atoms with Crippen LogP contribution in [0.25, 0.3) is 0 Å². The molecule has 0 bridgehead atoms. The van der Waals surface area contributed by atoms with Crippen molar-refractivity contribution >= 4 is 16.8 Å². The van der Waals surface area contributed by atoms with Gasteiger partial charge in [0.05, 0.1) is 0 Å². The molecule has 0 aliphatic heterocycles. The molecule has 2 nitrogen and oxygen atoms in total. The van der Waals surface area contributed by atoms with Crippen LogP contribution in [0, 0.1) is 13.8 Å². The van der Waals surface area contributed by atoms with Crippen molar-refractivity contribution in [1.29, 1.82) is 0 Å². The van der Waals surface area contributed by atoms with Gasteiger partial charge < -0.3 is 4.74 Å². The van der Waals surface area contributed by atoms with Gasteiger partial charge in [-0.2, -0.15) is 0 Å². The average Bonchev–Trinajstić information content (AvgIpc) is 2.45. The third-order valence-electron chi connectivity index (χ3n) is 3.57. The maximum absolute atomic E-state index is 11.6. The lowest BCUT2D eigenvalue weighted by Gasteiger charge is -2.14. The van der Waals surface area contributed by atoms with Gasteiger partial charge in [0.2, 0.25) is 0 Å². The highest BCUT2D eigenvalue weighted by molar-refractivity contribution is 6.67. The van der Waals surface area contributed by atoms with Crippen molar-refractivity contribution in [3.05, 3.63) is 64.2 Å². The van der Waals surface area contributed by atoms with E-state index in [0.29, 0.717) is 12.2 Å². The minimum Gasteiger partial charge on any atom is -0.489 e. The Bertz CT molecular complexity index is 662. The molecule has 110 valence electrons.